The summed E-state index contributed by atoms with van der Waals surface area (Å²) >= 11 is 0. The van der Waals surface area contributed by atoms with Crippen LogP contribution in [0.4, 0.5) is 0 Å². The van der Waals surface area contributed by atoms with Gasteiger partial charge in [0.1, 0.15) is 0 Å². The van der Waals surface area contributed by atoms with E-state index < -0.39 is 0 Å². The lowest BCUT2D eigenvalue weighted by Gasteiger charge is -2.25. The Hall–Kier alpha value is -5.67. The first-order valence-electron chi connectivity index (χ1n) is 15.4. The summed E-state index contributed by atoms with van der Waals surface area (Å²) < 4.78 is 12.9. The highest BCUT2D eigenvalue weighted by Crippen LogP contribution is 2.55. The van der Waals surface area contributed by atoms with Crippen molar-refractivity contribution in [3.63, 3.8) is 0 Å². The summed E-state index contributed by atoms with van der Waals surface area (Å²) in [5.74, 6) is 2.97. The number of ether oxygens (including phenoxy) is 2. The molecule has 0 amide bonds. The quantitative estimate of drug-likeness (QED) is 0.209. The van der Waals surface area contributed by atoms with Crippen LogP contribution in [0.1, 0.15) is 25.0 Å². The van der Waals surface area contributed by atoms with E-state index in [2.05, 4.69) is 140 Å². The molecule has 6 aromatic carbocycles. The van der Waals surface area contributed by atoms with Gasteiger partial charge in [-0.3, -0.25) is 4.98 Å². The van der Waals surface area contributed by atoms with E-state index >= 15 is 0 Å². The van der Waals surface area contributed by atoms with Gasteiger partial charge >= 0.3 is 0 Å². The van der Waals surface area contributed by atoms with Crippen molar-refractivity contribution in [3.05, 3.63) is 151 Å². The molecule has 0 spiro atoms. The average molecular weight is 580 g/mol. The van der Waals surface area contributed by atoms with Crippen LogP contribution in [0.5, 0.6) is 23.0 Å². The average Bonchev–Trinajstić information content (AvgIpc) is 3.31. The summed E-state index contributed by atoms with van der Waals surface area (Å²) in [7, 11) is 0. The molecule has 1 aromatic heterocycles. The van der Waals surface area contributed by atoms with Gasteiger partial charge in [0.25, 0.3) is 0 Å². The Balaban J connectivity index is 1.02. The van der Waals surface area contributed by atoms with Crippen molar-refractivity contribution in [3.8, 4) is 67.5 Å². The molecule has 214 valence electrons. The molecule has 0 saturated heterocycles. The minimum Gasteiger partial charge on any atom is -0.450 e. The van der Waals surface area contributed by atoms with Crippen molar-refractivity contribution in [2.45, 2.75) is 19.3 Å². The molecule has 9 rings (SSSR count). The van der Waals surface area contributed by atoms with E-state index in [4.69, 9.17) is 9.47 Å². The number of benzene rings is 6. The van der Waals surface area contributed by atoms with Crippen molar-refractivity contribution < 1.29 is 9.47 Å². The number of rotatable bonds is 3. The highest BCUT2D eigenvalue weighted by Gasteiger charge is 2.37. The molecule has 0 atom stereocenters. The molecule has 3 nitrogen and oxygen atoms in total. The molecule has 3 heteroatoms. The van der Waals surface area contributed by atoms with Crippen LogP contribution in [0, 0.1) is 0 Å². The molecule has 0 bridgehead atoms. The predicted molar refractivity (Wildman–Crippen MR) is 182 cm³/mol. The van der Waals surface area contributed by atoms with Crippen molar-refractivity contribution in [2.75, 3.05) is 0 Å². The van der Waals surface area contributed by atoms with E-state index in [0.29, 0.717) is 0 Å². The maximum absolute atomic E-state index is 6.52. The number of aromatic nitrogens is 1. The third-order valence-corrected chi connectivity index (χ3v) is 9.39. The molecule has 1 aliphatic heterocycles. The van der Waals surface area contributed by atoms with E-state index in [9.17, 15) is 0 Å². The zero-order valence-electron chi connectivity index (χ0n) is 25.0. The van der Waals surface area contributed by atoms with Gasteiger partial charge in [-0.05, 0) is 86.5 Å². The van der Waals surface area contributed by atoms with Gasteiger partial charge in [-0.25, -0.2) is 0 Å². The molecule has 0 unspecified atom stereocenters. The summed E-state index contributed by atoms with van der Waals surface area (Å²) in [5.41, 5.74) is 12.8. The number of para-hydroxylation sites is 1. The molecule has 1 aliphatic carbocycles. The zero-order valence-corrected chi connectivity index (χ0v) is 25.0. The fraction of sp³-hybridized carbons (Fsp3) is 0.0714. The fourth-order valence-corrected chi connectivity index (χ4v) is 7.01. The third kappa shape index (κ3) is 4.08. The Labute approximate surface area is 262 Å². The van der Waals surface area contributed by atoms with Crippen molar-refractivity contribution >= 4 is 10.9 Å². The minimum atomic E-state index is -0.0904. The lowest BCUT2D eigenvalue weighted by molar-refractivity contribution is 0.359. The monoisotopic (exact) mass is 579 g/mol. The van der Waals surface area contributed by atoms with Crippen molar-refractivity contribution in [1.82, 2.24) is 4.98 Å². The third-order valence-electron chi connectivity index (χ3n) is 9.39. The van der Waals surface area contributed by atoms with Gasteiger partial charge in [-0.1, -0.05) is 111 Å². The minimum absolute atomic E-state index is 0.0904. The molecule has 0 saturated carbocycles. The number of hydrogen-bond acceptors (Lipinski definition) is 3. The zero-order chi connectivity index (χ0) is 30.1. The Kier molecular flexibility index (Phi) is 5.54. The van der Waals surface area contributed by atoms with Crippen LogP contribution in [0.3, 0.4) is 0 Å². The lowest BCUT2D eigenvalue weighted by atomic mass is 9.82. The molecule has 7 aromatic rings. The Morgan fingerprint density at radius 2 is 1.09 bits per heavy atom. The molecule has 0 N–H and O–H groups in total. The molecular weight excluding hydrogens is 550 g/mol. The summed E-state index contributed by atoms with van der Waals surface area (Å²) in [6.07, 6.45) is 1.86. The largest absolute Gasteiger partial charge is 0.450 e. The molecule has 45 heavy (non-hydrogen) atoms. The first-order chi connectivity index (χ1) is 22.0. The summed E-state index contributed by atoms with van der Waals surface area (Å²) in [6.45, 7) is 4.55. The van der Waals surface area contributed by atoms with Gasteiger partial charge in [0.2, 0.25) is 0 Å². The maximum Gasteiger partial charge on any atom is 0.170 e. The van der Waals surface area contributed by atoms with Gasteiger partial charge in [0.15, 0.2) is 23.0 Å². The smallest absolute Gasteiger partial charge is 0.170 e. The molecule has 2 aliphatic rings. The van der Waals surface area contributed by atoms with Crippen molar-refractivity contribution in [2.24, 2.45) is 0 Å². The number of pyridine rings is 1. The first kappa shape index (κ1) is 25.8. The van der Waals surface area contributed by atoms with E-state index in [-0.39, 0.29) is 5.41 Å². The Morgan fingerprint density at radius 1 is 0.444 bits per heavy atom. The van der Waals surface area contributed by atoms with Crippen LogP contribution < -0.4 is 9.47 Å². The summed E-state index contributed by atoms with van der Waals surface area (Å²) in [5, 5.41) is 1.15. The van der Waals surface area contributed by atoms with Gasteiger partial charge < -0.3 is 9.47 Å². The van der Waals surface area contributed by atoms with Crippen LogP contribution in [0.15, 0.2) is 140 Å². The highest BCUT2D eigenvalue weighted by molar-refractivity contribution is 5.94. The Morgan fingerprint density at radius 3 is 1.98 bits per heavy atom. The van der Waals surface area contributed by atoms with Crippen LogP contribution in [-0.2, 0) is 5.41 Å². The molecule has 0 radical (unpaired) electrons. The van der Waals surface area contributed by atoms with E-state index in [1.807, 2.05) is 18.3 Å². The summed E-state index contributed by atoms with van der Waals surface area (Å²) in [4.78, 5) is 4.64. The second kappa shape index (κ2) is 9.67. The maximum atomic E-state index is 6.52. The van der Waals surface area contributed by atoms with E-state index in [1.54, 1.807) is 0 Å². The lowest BCUT2D eigenvalue weighted by Crippen LogP contribution is -2.15. The Bertz CT molecular complexity index is 2290. The summed E-state index contributed by atoms with van der Waals surface area (Å²) in [6, 6.07) is 47.0. The molecule has 2 heterocycles. The van der Waals surface area contributed by atoms with Crippen LogP contribution in [0.2, 0.25) is 0 Å². The van der Waals surface area contributed by atoms with Crippen molar-refractivity contribution in [1.29, 1.82) is 0 Å². The number of nitrogens with zero attached hydrogens (tertiary/aromatic N) is 1. The van der Waals surface area contributed by atoms with Gasteiger partial charge in [0, 0.05) is 22.6 Å². The predicted octanol–water partition coefficient (Wildman–Crippen LogP) is 11.4. The van der Waals surface area contributed by atoms with Gasteiger partial charge in [-0.2, -0.15) is 0 Å². The van der Waals surface area contributed by atoms with E-state index in [1.165, 1.54) is 22.3 Å². The van der Waals surface area contributed by atoms with Crippen LogP contribution in [-0.4, -0.2) is 4.98 Å². The normalized spacial score (nSPS) is 13.6. The number of fused-ring (bicyclic) bond motifs is 6. The van der Waals surface area contributed by atoms with Gasteiger partial charge in [0.05, 0.1) is 5.52 Å². The highest BCUT2D eigenvalue weighted by atomic mass is 16.6. The van der Waals surface area contributed by atoms with E-state index in [0.717, 1.165) is 67.3 Å². The second-order valence-electron chi connectivity index (χ2n) is 12.4. The molecule has 0 fully saturated rings. The molecular formula is C42H29NO2. The van der Waals surface area contributed by atoms with Crippen LogP contribution >= 0.6 is 0 Å². The SMILES string of the molecule is CC1(C)c2ccccc2-c2cc3c(cc21)Oc1ccc(-c2cccc(-c4ccc(-c5cccc6cccnc56)cc4)c2)cc1O3. The fourth-order valence-electron chi connectivity index (χ4n) is 7.01. The topological polar surface area (TPSA) is 31.4 Å². The van der Waals surface area contributed by atoms with Crippen LogP contribution in [0.25, 0.3) is 55.4 Å². The second-order valence-corrected chi connectivity index (χ2v) is 12.4. The first-order valence-corrected chi connectivity index (χ1v) is 15.4. The van der Waals surface area contributed by atoms with Gasteiger partial charge in [-0.15, -0.1) is 0 Å². The standard InChI is InChI=1S/C42H29NO2/c1-42(2)35-14-4-3-12-33(35)34-24-39-40(25-36(34)42)44-37-20-19-31(23-38(37)45-39)30-10-5-9-29(22-30)26-15-17-27(18-16-26)32-13-6-8-28-11-7-21-43-41(28)32/h3-25H,1-2H3. The number of hydrogen-bond donors (Lipinski definition) is 0.